The van der Waals surface area contributed by atoms with E-state index in [1.54, 1.807) is 24.3 Å². The van der Waals surface area contributed by atoms with Crippen LogP contribution in [0.3, 0.4) is 0 Å². The van der Waals surface area contributed by atoms with Crippen molar-refractivity contribution in [3.05, 3.63) is 29.8 Å². The Morgan fingerprint density at radius 1 is 1.25 bits per heavy atom. The van der Waals surface area contributed by atoms with Gasteiger partial charge < -0.3 is 5.32 Å². The maximum absolute atomic E-state index is 11.4. The van der Waals surface area contributed by atoms with Crippen molar-refractivity contribution >= 4 is 28.4 Å². The fourth-order valence-electron chi connectivity index (χ4n) is 1.27. The fraction of sp³-hybridized carbons (Fsp3) is 0.333. The normalized spacial score (nSPS) is 10.2. The smallest absolute Gasteiger partial charge is 0.252 e. The molecule has 1 amide bonds. The second-order valence-electron chi connectivity index (χ2n) is 4.00. The lowest BCUT2D eigenvalue weighted by Gasteiger charge is -2.07. The zero-order valence-corrected chi connectivity index (χ0v) is 10.0. The van der Waals surface area contributed by atoms with E-state index >= 15 is 0 Å². The molecule has 1 aromatic carbocycles. The van der Waals surface area contributed by atoms with Gasteiger partial charge in [-0.2, -0.15) is 0 Å². The molecule has 0 heterocycles. The lowest BCUT2D eigenvalue weighted by Crippen LogP contribution is -2.13. The van der Waals surface area contributed by atoms with Gasteiger partial charge in [-0.05, 0) is 41.8 Å². The average Bonchev–Trinajstić information content (AvgIpc) is 2.16. The zero-order chi connectivity index (χ0) is 12.1. The maximum Gasteiger partial charge on any atom is 0.252 e. The Bertz CT molecular complexity index is 385. The fourth-order valence-corrected chi connectivity index (χ4v) is 1.39. The molecule has 0 fully saturated rings. The van der Waals surface area contributed by atoms with Gasteiger partial charge in [0.2, 0.25) is 5.91 Å². The van der Waals surface area contributed by atoms with Crippen molar-refractivity contribution in [2.75, 3.05) is 5.32 Å². The molecule has 3 nitrogen and oxygen atoms in total. The topological polar surface area (TPSA) is 46.2 Å². The molecule has 0 radical (unpaired) electrons. The number of hydrogen-bond acceptors (Lipinski definition) is 2. The Morgan fingerprint density at radius 3 is 2.25 bits per heavy atom. The number of carbonyl (C=O) groups is 2. The van der Waals surface area contributed by atoms with E-state index in [-0.39, 0.29) is 5.91 Å². The second-order valence-corrected chi connectivity index (χ2v) is 4.34. The molecule has 0 saturated heterocycles. The summed E-state index contributed by atoms with van der Waals surface area (Å²) in [4.78, 5) is 22.2. The van der Waals surface area contributed by atoms with Crippen LogP contribution >= 0.6 is 11.6 Å². The molecule has 86 valence electrons. The van der Waals surface area contributed by atoms with Crippen molar-refractivity contribution in [3.63, 3.8) is 0 Å². The lowest BCUT2D eigenvalue weighted by molar-refractivity contribution is -0.116. The molecule has 4 heteroatoms. The van der Waals surface area contributed by atoms with Crippen LogP contribution in [-0.4, -0.2) is 11.1 Å². The van der Waals surface area contributed by atoms with Crippen LogP contribution < -0.4 is 5.32 Å². The molecule has 16 heavy (non-hydrogen) atoms. The third kappa shape index (κ3) is 4.03. The molecule has 0 aromatic heterocycles. The predicted molar refractivity (Wildman–Crippen MR) is 64.7 cm³/mol. The van der Waals surface area contributed by atoms with Gasteiger partial charge in [-0.15, -0.1) is 0 Å². The molecule has 0 aliphatic rings. The van der Waals surface area contributed by atoms with Crippen molar-refractivity contribution in [1.82, 2.24) is 0 Å². The standard InChI is InChI=1S/C12H14ClNO2/c1-8(2)7-11(15)14-10-5-3-9(4-6-10)12(13)16/h3-6,8H,7H2,1-2H3,(H,14,15). The monoisotopic (exact) mass is 239 g/mol. The van der Waals surface area contributed by atoms with Crippen molar-refractivity contribution in [1.29, 1.82) is 0 Å². The van der Waals surface area contributed by atoms with Crippen molar-refractivity contribution in [2.24, 2.45) is 5.92 Å². The number of hydrogen-bond donors (Lipinski definition) is 1. The first-order chi connectivity index (χ1) is 7.49. The molecule has 0 unspecified atom stereocenters. The van der Waals surface area contributed by atoms with E-state index in [0.29, 0.717) is 23.6 Å². The van der Waals surface area contributed by atoms with Gasteiger partial charge in [0.05, 0.1) is 0 Å². The number of halogens is 1. The minimum Gasteiger partial charge on any atom is -0.326 e. The largest absolute Gasteiger partial charge is 0.326 e. The summed E-state index contributed by atoms with van der Waals surface area (Å²) in [6.07, 6.45) is 0.482. The van der Waals surface area contributed by atoms with Crippen LogP contribution in [-0.2, 0) is 4.79 Å². The van der Waals surface area contributed by atoms with Crippen LogP contribution in [0.25, 0.3) is 0 Å². The molecule has 0 spiro atoms. The van der Waals surface area contributed by atoms with E-state index in [2.05, 4.69) is 5.32 Å². The summed E-state index contributed by atoms with van der Waals surface area (Å²) < 4.78 is 0. The third-order valence-corrected chi connectivity index (χ3v) is 2.21. The Hall–Kier alpha value is -1.35. The molecule has 1 N–H and O–H groups in total. The molecule has 0 bridgehead atoms. The Kier molecular flexibility index (Phi) is 4.50. The van der Waals surface area contributed by atoms with Gasteiger partial charge in [0.1, 0.15) is 0 Å². The highest BCUT2D eigenvalue weighted by Gasteiger charge is 2.06. The number of benzene rings is 1. The first kappa shape index (κ1) is 12.7. The Labute approximate surface area is 99.8 Å². The summed E-state index contributed by atoms with van der Waals surface area (Å²) in [5.41, 5.74) is 1.09. The van der Waals surface area contributed by atoms with Crippen molar-refractivity contribution in [2.45, 2.75) is 20.3 Å². The van der Waals surface area contributed by atoms with E-state index in [1.807, 2.05) is 13.8 Å². The highest BCUT2D eigenvalue weighted by atomic mass is 35.5. The molecule has 1 aromatic rings. The van der Waals surface area contributed by atoms with Gasteiger partial charge in [0, 0.05) is 17.7 Å². The van der Waals surface area contributed by atoms with E-state index in [1.165, 1.54) is 0 Å². The quantitative estimate of drug-likeness (QED) is 0.821. The van der Waals surface area contributed by atoms with E-state index in [9.17, 15) is 9.59 Å². The van der Waals surface area contributed by atoms with Gasteiger partial charge >= 0.3 is 0 Å². The van der Waals surface area contributed by atoms with E-state index < -0.39 is 5.24 Å². The van der Waals surface area contributed by atoms with E-state index in [4.69, 9.17) is 11.6 Å². The second kappa shape index (κ2) is 5.66. The van der Waals surface area contributed by atoms with Crippen LogP contribution in [0, 0.1) is 5.92 Å². The minimum atomic E-state index is -0.500. The summed E-state index contributed by atoms with van der Waals surface area (Å²) in [5, 5.41) is 2.25. The maximum atomic E-state index is 11.4. The molecule has 0 saturated carbocycles. The Balaban J connectivity index is 2.62. The summed E-state index contributed by atoms with van der Waals surface area (Å²) in [7, 11) is 0. The van der Waals surface area contributed by atoms with Gasteiger partial charge in [-0.1, -0.05) is 13.8 Å². The number of carbonyl (C=O) groups excluding carboxylic acids is 2. The zero-order valence-electron chi connectivity index (χ0n) is 9.29. The molecule has 1 rings (SSSR count). The first-order valence-electron chi connectivity index (χ1n) is 5.09. The predicted octanol–water partition coefficient (Wildman–Crippen LogP) is 3.05. The van der Waals surface area contributed by atoms with Gasteiger partial charge in [-0.25, -0.2) is 0 Å². The Morgan fingerprint density at radius 2 is 1.81 bits per heavy atom. The summed E-state index contributed by atoms with van der Waals surface area (Å²) in [6.45, 7) is 3.96. The van der Waals surface area contributed by atoms with Crippen LogP contribution in [0.2, 0.25) is 0 Å². The average molecular weight is 240 g/mol. The van der Waals surface area contributed by atoms with Crippen LogP contribution in [0.4, 0.5) is 5.69 Å². The lowest BCUT2D eigenvalue weighted by atomic mass is 10.1. The van der Waals surface area contributed by atoms with Crippen molar-refractivity contribution < 1.29 is 9.59 Å². The molecule has 0 atom stereocenters. The van der Waals surface area contributed by atoms with Crippen LogP contribution in [0.1, 0.15) is 30.6 Å². The molecular formula is C12H14ClNO2. The summed E-state index contributed by atoms with van der Waals surface area (Å²) in [6, 6.07) is 6.49. The SMILES string of the molecule is CC(C)CC(=O)Nc1ccc(C(=O)Cl)cc1. The van der Waals surface area contributed by atoms with Crippen LogP contribution in [0.5, 0.6) is 0 Å². The molecule has 0 aliphatic carbocycles. The van der Waals surface area contributed by atoms with E-state index in [0.717, 1.165) is 0 Å². The molecule has 0 aliphatic heterocycles. The van der Waals surface area contributed by atoms with Crippen molar-refractivity contribution in [3.8, 4) is 0 Å². The van der Waals surface area contributed by atoms with Gasteiger partial charge in [-0.3, -0.25) is 9.59 Å². The number of anilines is 1. The van der Waals surface area contributed by atoms with Gasteiger partial charge in [0.15, 0.2) is 0 Å². The number of rotatable bonds is 4. The highest BCUT2D eigenvalue weighted by molar-refractivity contribution is 6.67. The summed E-state index contributed by atoms with van der Waals surface area (Å²) >= 11 is 5.30. The summed E-state index contributed by atoms with van der Waals surface area (Å²) in [5.74, 6) is 0.295. The minimum absolute atomic E-state index is 0.0278. The molecular weight excluding hydrogens is 226 g/mol. The van der Waals surface area contributed by atoms with Gasteiger partial charge in [0.25, 0.3) is 5.24 Å². The third-order valence-electron chi connectivity index (χ3n) is 1.99. The van der Waals surface area contributed by atoms with Crippen LogP contribution in [0.15, 0.2) is 24.3 Å². The highest BCUT2D eigenvalue weighted by Crippen LogP contribution is 2.12. The number of amides is 1. The number of nitrogens with one attached hydrogen (secondary N) is 1. The first-order valence-corrected chi connectivity index (χ1v) is 5.46.